The average molecular weight is 464 g/mol. The van der Waals surface area contributed by atoms with E-state index in [4.69, 9.17) is 4.74 Å². The van der Waals surface area contributed by atoms with Crippen LogP contribution < -0.4 is 10.6 Å². The molecule has 2 saturated carbocycles. The molecule has 6 nitrogen and oxygen atoms in total. The molecule has 1 spiro atoms. The standard InChI is InChI=1S/C18H32N4O2.HI/c1-4-19-17(20-13-7-8-16(23)22(3)12-13)21-14-11-15(24-5-2)18(14)9-6-10-18;/h13-15H,4-12H2,1-3H3,(H2,19,20,21);1H. The summed E-state index contributed by atoms with van der Waals surface area (Å²) in [6, 6.07) is 0.745. The molecule has 1 heterocycles. The number of carbonyl (C=O) groups excluding carboxylic acids is 1. The summed E-state index contributed by atoms with van der Waals surface area (Å²) >= 11 is 0. The highest BCUT2D eigenvalue weighted by atomic mass is 127. The number of halogens is 1. The zero-order valence-corrected chi connectivity index (χ0v) is 18.0. The minimum Gasteiger partial charge on any atom is -0.378 e. The van der Waals surface area contributed by atoms with E-state index in [1.54, 1.807) is 0 Å². The molecule has 1 amide bonds. The Morgan fingerprint density at radius 3 is 2.68 bits per heavy atom. The third-order valence-corrected chi connectivity index (χ3v) is 6.03. The fourth-order valence-electron chi connectivity index (χ4n) is 4.42. The summed E-state index contributed by atoms with van der Waals surface area (Å²) in [5, 5.41) is 7.21. The van der Waals surface area contributed by atoms with Crippen molar-refractivity contribution in [3.8, 4) is 0 Å². The molecule has 2 N–H and O–H groups in total. The molecule has 144 valence electrons. The molecule has 3 rings (SSSR count). The monoisotopic (exact) mass is 464 g/mol. The second-order valence-electron chi connectivity index (χ2n) is 7.44. The van der Waals surface area contributed by atoms with Crippen molar-refractivity contribution in [1.29, 1.82) is 0 Å². The van der Waals surface area contributed by atoms with Crippen LogP contribution >= 0.6 is 24.0 Å². The Labute approximate surface area is 168 Å². The van der Waals surface area contributed by atoms with Crippen molar-refractivity contribution >= 4 is 35.8 Å². The Hall–Kier alpha value is -0.570. The lowest BCUT2D eigenvalue weighted by Gasteiger charge is -2.61. The van der Waals surface area contributed by atoms with Crippen LogP contribution in [0.25, 0.3) is 0 Å². The number of guanidine groups is 1. The molecule has 2 aliphatic carbocycles. The highest BCUT2D eigenvalue weighted by Gasteiger charge is 2.59. The van der Waals surface area contributed by atoms with Crippen molar-refractivity contribution < 1.29 is 9.53 Å². The number of hydrogen-bond acceptors (Lipinski definition) is 3. The molecule has 1 saturated heterocycles. The van der Waals surface area contributed by atoms with Gasteiger partial charge < -0.3 is 20.3 Å². The van der Waals surface area contributed by atoms with E-state index in [1.165, 1.54) is 19.3 Å². The molecule has 3 aliphatic rings. The molecule has 7 heteroatoms. The lowest BCUT2D eigenvalue weighted by molar-refractivity contribution is -0.168. The van der Waals surface area contributed by atoms with Gasteiger partial charge in [-0.2, -0.15) is 0 Å². The molecule has 0 aromatic heterocycles. The van der Waals surface area contributed by atoms with Crippen molar-refractivity contribution in [2.75, 3.05) is 26.7 Å². The third kappa shape index (κ3) is 4.23. The second kappa shape index (κ2) is 8.88. The van der Waals surface area contributed by atoms with Gasteiger partial charge >= 0.3 is 0 Å². The number of likely N-dealkylation sites (N-methyl/N-ethyl adjacent to an activating group) is 1. The topological polar surface area (TPSA) is 66.0 Å². The van der Waals surface area contributed by atoms with Crippen molar-refractivity contribution in [3.63, 3.8) is 0 Å². The minimum atomic E-state index is 0. The second-order valence-corrected chi connectivity index (χ2v) is 7.44. The first-order valence-corrected chi connectivity index (χ1v) is 9.52. The van der Waals surface area contributed by atoms with Gasteiger partial charge in [-0.05, 0) is 39.5 Å². The van der Waals surface area contributed by atoms with Crippen molar-refractivity contribution in [2.24, 2.45) is 10.4 Å². The van der Waals surface area contributed by atoms with Crippen LogP contribution in [0.4, 0.5) is 0 Å². The molecule has 3 unspecified atom stereocenters. The number of piperidine rings is 1. The van der Waals surface area contributed by atoms with Crippen LogP contribution in [0.3, 0.4) is 0 Å². The number of hydrogen-bond donors (Lipinski definition) is 2. The zero-order valence-electron chi connectivity index (χ0n) is 15.7. The Kier molecular flexibility index (Phi) is 7.37. The van der Waals surface area contributed by atoms with Gasteiger partial charge in [0.1, 0.15) is 0 Å². The fraction of sp³-hybridized carbons (Fsp3) is 0.889. The normalized spacial score (nSPS) is 31.0. The van der Waals surface area contributed by atoms with Crippen LogP contribution in [0.5, 0.6) is 0 Å². The van der Waals surface area contributed by atoms with Crippen molar-refractivity contribution in [2.45, 2.75) is 70.6 Å². The quantitative estimate of drug-likeness (QED) is 0.372. The van der Waals surface area contributed by atoms with E-state index >= 15 is 0 Å². The van der Waals surface area contributed by atoms with E-state index in [0.717, 1.165) is 38.5 Å². The number of amides is 1. The number of carbonyl (C=O) groups is 1. The predicted octanol–water partition coefficient (Wildman–Crippen LogP) is 2.13. The van der Waals surface area contributed by atoms with Gasteiger partial charge in [-0.15, -0.1) is 24.0 Å². The number of nitrogens with zero attached hydrogens (tertiary/aromatic N) is 2. The maximum atomic E-state index is 11.7. The lowest BCUT2D eigenvalue weighted by Crippen LogP contribution is -2.69. The van der Waals surface area contributed by atoms with E-state index in [1.807, 2.05) is 11.9 Å². The Morgan fingerprint density at radius 2 is 2.12 bits per heavy atom. The van der Waals surface area contributed by atoms with Crippen LogP contribution in [-0.2, 0) is 9.53 Å². The maximum absolute atomic E-state index is 11.7. The highest BCUT2D eigenvalue weighted by Crippen LogP contribution is 2.57. The molecule has 0 radical (unpaired) electrons. The predicted molar refractivity (Wildman–Crippen MR) is 110 cm³/mol. The molecule has 0 bridgehead atoms. The molecular formula is C18H33IN4O2. The van der Waals surface area contributed by atoms with E-state index in [9.17, 15) is 4.79 Å². The summed E-state index contributed by atoms with van der Waals surface area (Å²) in [7, 11) is 1.88. The smallest absolute Gasteiger partial charge is 0.222 e. The molecule has 0 aromatic rings. The van der Waals surface area contributed by atoms with Crippen LogP contribution in [0, 0.1) is 5.41 Å². The van der Waals surface area contributed by atoms with E-state index in [0.29, 0.717) is 24.0 Å². The van der Waals surface area contributed by atoms with Crippen molar-refractivity contribution in [1.82, 2.24) is 15.5 Å². The summed E-state index contributed by atoms with van der Waals surface area (Å²) in [6.45, 7) is 6.45. The number of rotatable bonds is 5. The van der Waals surface area contributed by atoms with Crippen molar-refractivity contribution in [3.05, 3.63) is 0 Å². The Morgan fingerprint density at radius 1 is 1.36 bits per heavy atom. The average Bonchev–Trinajstić information content (AvgIpc) is 2.48. The lowest BCUT2D eigenvalue weighted by atomic mass is 9.51. The van der Waals surface area contributed by atoms with Crippen LogP contribution in [0.15, 0.2) is 4.99 Å². The molecule has 25 heavy (non-hydrogen) atoms. The molecule has 3 fully saturated rings. The first kappa shape index (κ1) is 20.7. The first-order valence-electron chi connectivity index (χ1n) is 9.52. The Bertz CT molecular complexity index is 495. The van der Waals surface area contributed by atoms with E-state index in [-0.39, 0.29) is 35.9 Å². The number of likely N-dealkylation sites (tertiary alicyclic amines) is 1. The van der Waals surface area contributed by atoms with Gasteiger partial charge in [0.25, 0.3) is 0 Å². The summed E-state index contributed by atoms with van der Waals surface area (Å²) < 4.78 is 5.94. The minimum absolute atomic E-state index is 0. The van der Waals surface area contributed by atoms with Crippen LogP contribution in [-0.4, -0.2) is 61.7 Å². The summed E-state index contributed by atoms with van der Waals surface area (Å²) in [4.78, 5) is 18.1. The van der Waals surface area contributed by atoms with Gasteiger partial charge in [-0.1, -0.05) is 6.42 Å². The van der Waals surface area contributed by atoms with E-state index < -0.39 is 0 Å². The largest absolute Gasteiger partial charge is 0.378 e. The van der Waals surface area contributed by atoms with Gasteiger partial charge in [-0.25, -0.2) is 0 Å². The molecule has 1 aliphatic heterocycles. The third-order valence-electron chi connectivity index (χ3n) is 6.03. The highest BCUT2D eigenvalue weighted by molar-refractivity contribution is 14.0. The van der Waals surface area contributed by atoms with Gasteiger partial charge in [0.2, 0.25) is 5.91 Å². The summed E-state index contributed by atoms with van der Waals surface area (Å²) in [5.74, 6) is 1.14. The number of nitrogens with one attached hydrogen (secondary N) is 2. The summed E-state index contributed by atoms with van der Waals surface area (Å²) in [6.07, 6.45) is 6.81. The first-order chi connectivity index (χ1) is 11.6. The van der Waals surface area contributed by atoms with Gasteiger partial charge in [0.05, 0.1) is 6.10 Å². The van der Waals surface area contributed by atoms with Gasteiger partial charge in [0, 0.05) is 50.7 Å². The van der Waals surface area contributed by atoms with Crippen LogP contribution in [0.2, 0.25) is 0 Å². The fourth-order valence-corrected chi connectivity index (χ4v) is 4.42. The zero-order chi connectivity index (χ0) is 17.2. The summed E-state index contributed by atoms with van der Waals surface area (Å²) in [5.41, 5.74) is 0.325. The maximum Gasteiger partial charge on any atom is 0.222 e. The number of aliphatic imine (C=N–C) groups is 1. The molecule has 0 aromatic carbocycles. The van der Waals surface area contributed by atoms with E-state index in [2.05, 4.69) is 29.5 Å². The Balaban J connectivity index is 0.00000225. The SMILES string of the molecule is CCN=C(NC1CCC(=O)N(C)C1)NC1CC(OCC)C12CCC2.I. The van der Waals surface area contributed by atoms with Crippen LogP contribution in [0.1, 0.15) is 52.4 Å². The molecular weight excluding hydrogens is 431 g/mol. The number of ether oxygens (including phenoxy) is 1. The van der Waals surface area contributed by atoms with Gasteiger partial charge in [0.15, 0.2) is 5.96 Å². The molecule has 3 atom stereocenters. The van der Waals surface area contributed by atoms with Gasteiger partial charge in [-0.3, -0.25) is 9.79 Å².